The molecule has 0 fully saturated rings. The highest BCUT2D eigenvalue weighted by Gasteiger charge is 2.02. The molecule has 5 heteroatoms. The third-order valence-corrected chi connectivity index (χ3v) is 2.48. The molecule has 94 valence electrons. The van der Waals surface area contributed by atoms with Crippen LogP contribution in [0.4, 0.5) is 21.7 Å². The molecule has 0 saturated carbocycles. The van der Waals surface area contributed by atoms with Gasteiger partial charge < -0.3 is 10.6 Å². The number of benzene rings is 1. The maximum Gasteiger partial charge on any atom is 0.135 e. The summed E-state index contributed by atoms with van der Waals surface area (Å²) in [6, 6.07) is 6.41. The molecule has 18 heavy (non-hydrogen) atoms. The number of nitrogens with zero attached hydrogens (tertiary/aromatic N) is 2. The molecule has 0 amide bonds. The van der Waals surface area contributed by atoms with E-state index in [4.69, 9.17) is 0 Å². The molecule has 1 aromatic heterocycles. The molecule has 2 rings (SSSR count). The van der Waals surface area contributed by atoms with E-state index in [1.807, 2.05) is 19.9 Å². The van der Waals surface area contributed by atoms with Crippen LogP contribution in [0.1, 0.15) is 12.5 Å². The highest BCUT2D eigenvalue weighted by molar-refractivity contribution is 5.62. The largest absolute Gasteiger partial charge is 0.370 e. The summed E-state index contributed by atoms with van der Waals surface area (Å²) in [6.45, 7) is 4.64. The summed E-state index contributed by atoms with van der Waals surface area (Å²) >= 11 is 0. The molecule has 0 atom stereocenters. The first-order chi connectivity index (χ1) is 8.69. The Morgan fingerprint density at radius 3 is 2.67 bits per heavy atom. The lowest BCUT2D eigenvalue weighted by molar-refractivity contribution is 0.627. The van der Waals surface area contributed by atoms with Crippen molar-refractivity contribution in [3.8, 4) is 0 Å². The molecule has 2 aromatic rings. The molecule has 4 nitrogen and oxygen atoms in total. The molecule has 1 aromatic carbocycles. The van der Waals surface area contributed by atoms with E-state index in [1.165, 1.54) is 18.5 Å². The molecular formula is C13H15FN4. The third kappa shape index (κ3) is 2.94. The molecule has 0 unspecified atom stereocenters. The standard InChI is InChI=1S/C13H15FN4/c1-3-15-12-7-13(17-8-16-12)18-11-5-4-10(14)6-9(11)2/h4-8H,3H2,1-2H3,(H2,15,16,17,18). The Hall–Kier alpha value is -2.17. The summed E-state index contributed by atoms with van der Waals surface area (Å²) in [5.41, 5.74) is 1.66. The second-order valence-electron chi connectivity index (χ2n) is 3.90. The number of halogens is 1. The summed E-state index contributed by atoms with van der Waals surface area (Å²) in [5.74, 6) is 1.19. The molecular weight excluding hydrogens is 231 g/mol. The first-order valence-electron chi connectivity index (χ1n) is 5.78. The van der Waals surface area contributed by atoms with Gasteiger partial charge in [-0.25, -0.2) is 14.4 Å². The van der Waals surface area contributed by atoms with Gasteiger partial charge in [0.05, 0.1) is 0 Å². The normalized spacial score (nSPS) is 10.2. The van der Waals surface area contributed by atoms with Crippen LogP contribution in [0.2, 0.25) is 0 Å². The van der Waals surface area contributed by atoms with Gasteiger partial charge in [-0.05, 0) is 37.6 Å². The molecule has 0 saturated heterocycles. The van der Waals surface area contributed by atoms with Gasteiger partial charge in [0.1, 0.15) is 23.8 Å². The van der Waals surface area contributed by atoms with E-state index >= 15 is 0 Å². The van der Waals surface area contributed by atoms with E-state index < -0.39 is 0 Å². The SMILES string of the molecule is CCNc1cc(Nc2ccc(F)cc2C)ncn1. The summed E-state index contributed by atoms with van der Waals surface area (Å²) in [4.78, 5) is 8.21. The van der Waals surface area contributed by atoms with Crippen molar-refractivity contribution in [3.63, 3.8) is 0 Å². The van der Waals surface area contributed by atoms with Crippen LogP contribution < -0.4 is 10.6 Å². The number of aromatic nitrogens is 2. The zero-order valence-corrected chi connectivity index (χ0v) is 10.4. The lowest BCUT2D eigenvalue weighted by atomic mass is 10.2. The van der Waals surface area contributed by atoms with Gasteiger partial charge in [-0.3, -0.25) is 0 Å². The zero-order chi connectivity index (χ0) is 13.0. The van der Waals surface area contributed by atoms with Crippen LogP contribution in [0.3, 0.4) is 0 Å². The van der Waals surface area contributed by atoms with Gasteiger partial charge in [-0.15, -0.1) is 0 Å². The molecule has 0 spiro atoms. The molecule has 0 bridgehead atoms. The van der Waals surface area contributed by atoms with Gasteiger partial charge in [-0.2, -0.15) is 0 Å². The topological polar surface area (TPSA) is 49.8 Å². The van der Waals surface area contributed by atoms with E-state index in [2.05, 4.69) is 20.6 Å². The van der Waals surface area contributed by atoms with Crippen LogP contribution in [0.5, 0.6) is 0 Å². The Labute approximate surface area is 105 Å². The molecule has 1 heterocycles. The van der Waals surface area contributed by atoms with Crippen molar-refractivity contribution in [2.75, 3.05) is 17.2 Å². The van der Waals surface area contributed by atoms with Crippen LogP contribution in [0.15, 0.2) is 30.6 Å². The Bertz CT molecular complexity index is 542. The van der Waals surface area contributed by atoms with E-state index in [9.17, 15) is 4.39 Å². The van der Waals surface area contributed by atoms with Gasteiger partial charge in [0.2, 0.25) is 0 Å². The molecule has 0 aliphatic rings. The Morgan fingerprint density at radius 1 is 1.17 bits per heavy atom. The molecule has 0 aliphatic carbocycles. The zero-order valence-electron chi connectivity index (χ0n) is 10.4. The van der Waals surface area contributed by atoms with Crippen molar-refractivity contribution in [2.45, 2.75) is 13.8 Å². The first-order valence-corrected chi connectivity index (χ1v) is 5.78. The fourth-order valence-corrected chi connectivity index (χ4v) is 1.61. The van der Waals surface area contributed by atoms with Gasteiger partial charge in [0, 0.05) is 18.3 Å². The van der Waals surface area contributed by atoms with Crippen LogP contribution in [0.25, 0.3) is 0 Å². The average Bonchev–Trinajstić information content (AvgIpc) is 2.34. The van der Waals surface area contributed by atoms with E-state index in [1.54, 1.807) is 6.07 Å². The maximum absolute atomic E-state index is 13.0. The predicted molar refractivity (Wildman–Crippen MR) is 70.6 cm³/mol. The Morgan fingerprint density at radius 2 is 1.94 bits per heavy atom. The average molecular weight is 246 g/mol. The molecule has 0 radical (unpaired) electrons. The van der Waals surface area contributed by atoms with Crippen LogP contribution in [0, 0.1) is 12.7 Å². The predicted octanol–water partition coefficient (Wildman–Crippen LogP) is 3.10. The second kappa shape index (κ2) is 5.44. The maximum atomic E-state index is 13.0. The lowest BCUT2D eigenvalue weighted by Crippen LogP contribution is -2.02. The fourth-order valence-electron chi connectivity index (χ4n) is 1.61. The monoisotopic (exact) mass is 246 g/mol. The molecule has 2 N–H and O–H groups in total. The van der Waals surface area contributed by atoms with Gasteiger partial charge in [-0.1, -0.05) is 0 Å². The highest BCUT2D eigenvalue weighted by atomic mass is 19.1. The smallest absolute Gasteiger partial charge is 0.135 e. The highest BCUT2D eigenvalue weighted by Crippen LogP contribution is 2.20. The van der Waals surface area contributed by atoms with E-state index in [-0.39, 0.29) is 5.82 Å². The second-order valence-corrected chi connectivity index (χ2v) is 3.90. The summed E-state index contributed by atoms with van der Waals surface area (Å²) in [5, 5.41) is 6.25. The first kappa shape index (κ1) is 12.3. The van der Waals surface area contributed by atoms with Crippen LogP contribution in [-0.4, -0.2) is 16.5 Å². The quantitative estimate of drug-likeness (QED) is 0.870. The van der Waals surface area contributed by atoms with Crippen molar-refractivity contribution >= 4 is 17.3 Å². The summed E-state index contributed by atoms with van der Waals surface area (Å²) in [7, 11) is 0. The fraction of sp³-hybridized carbons (Fsp3) is 0.231. The van der Waals surface area contributed by atoms with Crippen molar-refractivity contribution < 1.29 is 4.39 Å². The van der Waals surface area contributed by atoms with E-state index in [0.29, 0.717) is 5.82 Å². The van der Waals surface area contributed by atoms with Crippen molar-refractivity contribution in [1.29, 1.82) is 0 Å². The summed E-state index contributed by atoms with van der Waals surface area (Å²) in [6.07, 6.45) is 1.49. The summed E-state index contributed by atoms with van der Waals surface area (Å²) < 4.78 is 13.0. The van der Waals surface area contributed by atoms with Crippen LogP contribution in [-0.2, 0) is 0 Å². The van der Waals surface area contributed by atoms with Crippen molar-refractivity contribution in [2.24, 2.45) is 0 Å². The van der Waals surface area contributed by atoms with Crippen molar-refractivity contribution in [1.82, 2.24) is 9.97 Å². The number of aryl methyl sites for hydroxylation is 1. The number of hydrogen-bond donors (Lipinski definition) is 2. The Balaban J connectivity index is 2.20. The van der Waals surface area contributed by atoms with Gasteiger partial charge in [0.15, 0.2) is 0 Å². The minimum Gasteiger partial charge on any atom is -0.370 e. The number of anilines is 3. The van der Waals surface area contributed by atoms with E-state index in [0.717, 1.165) is 23.6 Å². The number of rotatable bonds is 4. The minimum atomic E-state index is -0.242. The minimum absolute atomic E-state index is 0.242. The Kier molecular flexibility index (Phi) is 3.72. The number of hydrogen-bond acceptors (Lipinski definition) is 4. The van der Waals surface area contributed by atoms with Gasteiger partial charge in [0.25, 0.3) is 0 Å². The van der Waals surface area contributed by atoms with Crippen LogP contribution >= 0.6 is 0 Å². The molecule has 0 aliphatic heterocycles. The third-order valence-electron chi connectivity index (χ3n) is 2.48. The number of nitrogens with one attached hydrogen (secondary N) is 2. The van der Waals surface area contributed by atoms with Gasteiger partial charge >= 0.3 is 0 Å². The van der Waals surface area contributed by atoms with Crippen molar-refractivity contribution in [3.05, 3.63) is 42.0 Å². The lowest BCUT2D eigenvalue weighted by Gasteiger charge is -2.09.